The number of thiophene rings is 1. The highest BCUT2D eigenvalue weighted by Gasteiger charge is 2.23. The lowest BCUT2D eigenvalue weighted by atomic mass is 10.3. The molecule has 0 atom stereocenters. The zero-order chi connectivity index (χ0) is 16.5. The van der Waals surface area contributed by atoms with Gasteiger partial charge in [0.25, 0.3) is 0 Å². The smallest absolute Gasteiger partial charge is 0.409 e. The van der Waals surface area contributed by atoms with Crippen LogP contribution in [0.3, 0.4) is 0 Å². The van der Waals surface area contributed by atoms with Gasteiger partial charge >= 0.3 is 6.09 Å². The van der Waals surface area contributed by atoms with Crippen molar-refractivity contribution in [2.45, 2.75) is 20.3 Å². The molecule has 1 saturated heterocycles. The number of amides is 1. The normalized spacial score (nSPS) is 15.0. The molecule has 1 fully saturated rings. The van der Waals surface area contributed by atoms with Crippen LogP contribution in [-0.2, 0) is 11.2 Å². The van der Waals surface area contributed by atoms with E-state index in [4.69, 9.17) is 9.73 Å². The number of rotatable bonds is 5. The number of hydrogen-bond donors (Lipinski definition) is 1. The first-order valence-electron chi connectivity index (χ1n) is 8.22. The fourth-order valence-electron chi connectivity index (χ4n) is 2.47. The summed E-state index contributed by atoms with van der Waals surface area (Å²) in [5.41, 5.74) is 0. The SMILES string of the molecule is CCNC(=NCCc1cccs1)N1CCN(C(=O)OCC)CC1.I. The van der Waals surface area contributed by atoms with Gasteiger partial charge in [-0.3, -0.25) is 4.99 Å². The van der Waals surface area contributed by atoms with Gasteiger partial charge in [-0.05, 0) is 25.3 Å². The van der Waals surface area contributed by atoms with E-state index in [1.807, 2.05) is 6.92 Å². The number of aliphatic imine (C=N–C) groups is 1. The van der Waals surface area contributed by atoms with E-state index in [0.29, 0.717) is 19.7 Å². The number of nitrogens with zero attached hydrogens (tertiary/aromatic N) is 3. The third-order valence-corrected chi connectivity index (χ3v) is 4.58. The third kappa shape index (κ3) is 6.46. The average molecular weight is 466 g/mol. The van der Waals surface area contributed by atoms with Crippen molar-refractivity contribution < 1.29 is 9.53 Å². The Kier molecular flexibility index (Phi) is 10.1. The fraction of sp³-hybridized carbons (Fsp3) is 0.625. The van der Waals surface area contributed by atoms with Crippen molar-refractivity contribution in [3.63, 3.8) is 0 Å². The minimum absolute atomic E-state index is 0. The highest BCUT2D eigenvalue weighted by atomic mass is 127. The number of carbonyl (C=O) groups is 1. The monoisotopic (exact) mass is 466 g/mol. The summed E-state index contributed by atoms with van der Waals surface area (Å²) in [7, 11) is 0. The molecule has 2 rings (SSSR count). The zero-order valence-electron chi connectivity index (χ0n) is 14.4. The lowest BCUT2D eigenvalue weighted by molar-refractivity contribution is 0.0914. The van der Waals surface area contributed by atoms with Gasteiger partial charge in [-0.2, -0.15) is 0 Å². The molecule has 1 aromatic heterocycles. The number of hydrogen-bond acceptors (Lipinski definition) is 4. The third-order valence-electron chi connectivity index (χ3n) is 3.64. The Labute approximate surface area is 165 Å². The van der Waals surface area contributed by atoms with Gasteiger partial charge in [-0.15, -0.1) is 35.3 Å². The summed E-state index contributed by atoms with van der Waals surface area (Å²) < 4.78 is 5.05. The molecule has 8 heteroatoms. The highest BCUT2D eigenvalue weighted by molar-refractivity contribution is 14.0. The van der Waals surface area contributed by atoms with Crippen molar-refractivity contribution in [1.82, 2.24) is 15.1 Å². The van der Waals surface area contributed by atoms with Crippen LogP contribution in [0.15, 0.2) is 22.5 Å². The lowest BCUT2D eigenvalue weighted by Crippen LogP contribution is -2.54. The number of nitrogens with one attached hydrogen (secondary N) is 1. The second-order valence-electron chi connectivity index (χ2n) is 5.24. The molecule has 0 aliphatic carbocycles. The molecule has 1 aromatic rings. The second-order valence-corrected chi connectivity index (χ2v) is 6.27. The topological polar surface area (TPSA) is 57.2 Å². The molecule has 1 aliphatic heterocycles. The molecule has 136 valence electrons. The first kappa shape index (κ1) is 21.0. The summed E-state index contributed by atoms with van der Waals surface area (Å²) >= 11 is 1.77. The molecule has 0 saturated carbocycles. The fourth-order valence-corrected chi connectivity index (χ4v) is 3.17. The molecular weight excluding hydrogens is 439 g/mol. The molecule has 0 unspecified atom stereocenters. The van der Waals surface area contributed by atoms with E-state index in [9.17, 15) is 4.79 Å². The summed E-state index contributed by atoms with van der Waals surface area (Å²) in [6, 6.07) is 4.22. The second kappa shape index (κ2) is 11.5. The van der Waals surface area contributed by atoms with Crippen molar-refractivity contribution in [2.75, 3.05) is 45.9 Å². The molecule has 0 spiro atoms. The largest absolute Gasteiger partial charge is 0.450 e. The molecule has 1 aliphatic rings. The summed E-state index contributed by atoms with van der Waals surface area (Å²) in [5.74, 6) is 0.938. The molecule has 1 amide bonds. The Morgan fingerprint density at radius 2 is 2.00 bits per heavy atom. The van der Waals surface area contributed by atoms with Crippen LogP contribution in [0.5, 0.6) is 0 Å². The van der Waals surface area contributed by atoms with Crippen molar-refractivity contribution >= 4 is 47.4 Å². The number of piperazine rings is 1. The minimum Gasteiger partial charge on any atom is -0.450 e. The Morgan fingerprint density at radius 1 is 1.29 bits per heavy atom. The van der Waals surface area contributed by atoms with Gasteiger partial charge in [0.05, 0.1) is 6.61 Å². The first-order valence-corrected chi connectivity index (χ1v) is 9.10. The van der Waals surface area contributed by atoms with Crippen LogP contribution in [0.4, 0.5) is 4.79 Å². The van der Waals surface area contributed by atoms with Crippen molar-refractivity contribution in [3.05, 3.63) is 22.4 Å². The summed E-state index contributed by atoms with van der Waals surface area (Å²) in [6.45, 7) is 8.86. The van der Waals surface area contributed by atoms with E-state index >= 15 is 0 Å². The Bertz CT molecular complexity index is 502. The number of ether oxygens (including phenoxy) is 1. The van der Waals surface area contributed by atoms with Crippen molar-refractivity contribution in [2.24, 2.45) is 4.99 Å². The van der Waals surface area contributed by atoms with E-state index in [1.54, 1.807) is 16.2 Å². The van der Waals surface area contributed by atoms with Gasteiger partial charge in [-0.25, -0.2) is 4.79 Å². The van der Waals surface area contributed by atoms with E-state index in [2.05, 4.69) is 34.7 Å². The Morgan fingerprint density at radius 3 is 2.58 bits per heavy atom. The predicted octanol–water partition coefficient (Wildman–Crippen LogP) is 2.65. The number of carbonyl (C=O) groups excluding carboxylic acids is 1. The molecule has 1 N–H and O–H groups in total. The van der Waals surface area contributed by atoms with E-state index in [-0.39, 0.29) is 30.1 Å². The molecule has 0 radical (unpaired) electrons. The molecule has 6 nitrogen and oxygen atoms in total. The highest BCUT2D eigenvalue weighted by Crippen LogP contribution is 2.09. The number of guanidine groups is 1. The maximum atomic E-state index is 11.7. The van der Waals surface area contributed by atoms with Crippen LogP contribution in [-0.4, -0.2) is 67.7 Å². The Hall–Kier alpha value is -1.03. The first-order chi connectivity index (χ1) is 11.2. The summed E-state index contributed by atoms with van der Waals surface area (Å²) in [5, 5.41) is 5.44. The summed E-state index contributed by atoms with van der Waals surface area (Å²) in [6.07, 6.45) is 0.752. The molecule has 0 aromatic carbocycles. The molecule has 0 bridgehead atoms. The number of halogens is 1. The van der Waals surface area contributed by atoms with Crippen LogP contribution in [0, 0.1) is 0 Å². The maximum absolute atomic E-state index is 11.7. The van der Waals surface area contributed by atoms with E-state index in [0.717, 1.165) is 38.6 Å². The van der Waals surface area contributed by atoms with Crippen molar-refractivity contribution in [3.8, 4) is 0 Å². The minimum atomic E-state index is -0.216. The molecule has 2 heterocycles. The van der Waals surface area contributed by atoms with Crippen LogP contribution in [0.25, 0.3) is 0 Å². The van der Waals surface area contributed by atoms with E-state index in [1.165, 1.54) is 4.88 Å². The van der Waals surface area contributed by atoms with E-state index < -0.39 is 0 Å². The van der Waals surface area contributed by atoms with Crippen LogP contribution in [0.1, 0.15) is 18.7 Å². The Balaban J connectivity index is 0.00000288. The van der Waals surface area contributed by atoms with Gasteiger partial charge < -0.3 is 19.9 Å². The van der Waals surface area contributed by atoms with Crippen LogP contribution in [0.2, 0.25) is 0 Å². The van der Waals surface area contributed by atoms with Gasteiger partial charge in [0, 0.05) is 50.6 Å². The van der Waals surface area contributed by atoms with Gasteiger partial charge in [0.15, 0.2) is 5.96 Å². The van der Waals surface area contributed by atoms with Gasteiger partial charge in [0.2, 0.25) is 0 Å². The van der Waals surface area contributed by atoms with Crippen LogP contribution >= 0.6 is 35.3 Å². The predicted molar refractivity (Wildman–Crippen MR) is 110 cm³/mol. The lowest BCUT2D eigenvalue weighted by Gasteiger charge is -2.35. The summed E-state index contributed by atoms with van der Waals surface area (Å²) in [4.78, 5) is 21.8. The molecule has 24 heavy (non-hydrogen) atoms. The van der Waals surface area contributed by atoms with Gasteiger partial charge in [0.1, 0.15) is 0 Å². The average Bonchev–Trinajstić information content (AvgIpc) is 3.08. The maximum Gasteiger partial charge on any atom is 0.409 e. The van der Waals surface area contributed by atoms with Gasteiger partial charge in [-0.1, -0.05) is 6.07 Å². The van der Waals surface area contributed by atoms with Crippen LogP contribution < -0.4 is 5.32 Å². The molecular formula is C16H27IN4O2S. The standard InChI is InChI=1S/C16H26N4O2S.HI/c1-3-17-15(18-8-7-14-6-5-13-23-14)19-9-11-20(12-10-19)16(21)22-4-2;/h5-6,13H,3-4,7-12H2,1-2H3,(H,17,18);1H. The zero-order valence-corrected chi connectivity index (χ0v) is 17.5. The van der Waals surface area contributed by atoms with Crippen molar-refractivity contribution in [1.29, 1.82) is 0 Å². The quantitative estimate of drug-likeness (QED) is 0.412.